The number of hydrogen-bond donors (Lipinski definition) is 2. The average molecular weight is 323 g/mol. The second-order valence-electron chi connectivity index (χ2n) is 6.34. The van der Waals surface area contributed by atoms with Crippen LogP contribution < -0.4 is 5.32 Å². The number of amides is 1. The molecule has 0 unspecified atom stereocenters. The van der Waals surface area contributed by atoms with Gasteiger partial charge in [0.15, 0.2) is 0 Å². The number of carboxylic acids is 1. The van der Waals surface area contributed by atoms with Crippen molar-refractivity contribution in [2.75, 3.05) is 6.54 Å². The largest absolute Gasteiger partial charge is 0.481 e. The smallest absolute Gasteiger partial charge is 0.307 e. The minimum absolute atomic E-state index is 0.0693. The highest BCUT2D eigenvalue weighted by Gasteiger charge is 2.54. The van der Waals surface area contributed by atoms with Crippen LogP contribution in [0.2, 0.25) is 0 Å². The van der Waals surface area contributed by atoms with E-state index in [-0.39, 0.29) is 23.7 Å². The minimum atomic E-state index is -0.781. The lowest BCUT2D eigenvalue weighted by Gasteiger charge is -2.50. The molecule has 0 saturated heterocycles. The van der Waals surface area contributed by atoms with E-state index in [9.17, 15) is 14.7 Å². The zero-order chi connectivity index (χ0) is 17.1. The Morgan fingerprint density at radius 1 is 0.917 bits per heavy atom. The molecule has 0 spiro atoms. The summed E-state index contributed by atoms with van der Waals surface area (Å²) in [6.45, 7) is 1.97. The first-order chi connectivity index (χ1) is 11.6. The van der Waals surface area contributed by atoms with Crippen LogP contribution in [-0.4, -0.2) is 23.5 Å². The van der Waals surface area contributed by atoms with Crippen molar-refractivity contribution in [3.63, 3.8) is 0 Å². The highest BCUT2D eigenvalue weighted by molar-refractivity contribution is 5.76. The third-order valence-electron chi connectivity index (χ3n) is 4.94. The molecule has 1 fully saturated rings. The molecule has 124 valence electrons. The number of hydrogen-bond acceptors (Lipinski definition) is 2. The molecule has 0 aliphatic heterocycles. The lowest BCUT2D eigenvalue weighted by molar-refractivity contribution is -0.150. The SMILES string of the molecule is CC(=O)NCC1[C@@H](c2ccccc2)C(C(=O)O)[C@@H]1c1ccccc1. The number of carbonyl (C=O) groups excluding carboxylic acids is 1. The summed E-state index contributed by atoms with van der Waals surface area (Å²) < 4.78 is 0. The summed E-state index contributed by atoms with van der Waals surface area (Å²) in [6, 6.07) is 19.5. The molecule has 4 heteroatoms. The van der Waals surface area contributed by atoms with E-state index in [2.05, 4.69) is 5.32 Å². The van der Waals surface area contributed by atoms with Crippen LogP contribution in [0.5, 0.6) is 0 Å². The van der Waals surface area contributed by atoms with E-state index in [1.54, 1.807) is 0 Å². The number of benzene rings is 2. The van der Waals surface area contributed by atoms with E-state index in [1.807, 2.05) is 60.7 Å². The number of carboxylic acid groups (broad SMARTS) is 1. The fraction of sp³-hybridized carbons (Fsp3) is 0.300. The van der Waals surface area contributed by atoms with Crippen LogP contribution in [0.3, 0.4) is 0 Å². The molecule has 24 heavy (non-hydrogen) atoms. The molecule has 3 rings (SSSR count). The lowest BCUT2D eigenvalue weighted by Crippen LogP contribution is -2.51. The summed E-state index contributed by atoms with van der Waals surface area (Å²) in [5.74, 6) is -1.47. The Morgan fingerprint density at radius 3 is 1.75 bits per heavy atom. The van der Waals surface area contributed by atoms with Gasteiger partial charge in [0.05, 0.1) is 5.92 Å². The molecule has 1 aliphatic carbocycles. The molecule has 2 aromatic rings. The van der Waals surface area contributed by atoms with Gasteiger partial charge in [0.1, 0.15) is 0 Å². The zero-order valence-electron chi connectivity index (χ0n) is 13.6. The first kappa shape index (κ1) is 16.2. The van der Waals surface area contributed by atoms with Gasteiger partial charge in [-0.15, -0.1) is 0 Å². The number of rotatable bonds is 5. The molecule has 0 aromatic heterocycles. The molecule has 2 atom stereocenters. The standard InChI is InChI=1S/C20H21NO3/c1-13(22)21-12-16-17(14-8-4-2-5-9-14)19(20(23)24)18(16)15-10-6-3-7-11-15/h2-11,16-19H,12H2,1H3,(H,21,22)(H,23,24)/t16?,17-,18-,19?/m1/s1. The van der Waals surface area contributed by atoms with Crippen molar-refractivity contribution in [1.82, 2.24) is 5.32 Å². The van der Waals surface area contributed by atoms with Gasteiger partial charge < -0.3 is 10.4 Å². The maximum atomic E-state index is 11.9. The van der Waals surface area contributed by atoms with Gasteiger partial charge in [0.2, 0.25) is 5.91 Å². The third kappa shape index (κ3) is 3.04. The van der Waals surface area contributed by atoms with Crippen molar-refractivity contribution in [2.24, 2.45) is 11.8 Å². The van der Waals surface area contributed by atoms with Crippen LogP contribution in [0, 0.1) is 11.8 Å². The van der Waals surface area contributed by atoms with Gasteiger partial charge in [-0.1, -0.05) is 60.7 Å². The zero-order valence-corrected chi connectivity index (χ0v) is 13.6. The molecule has 1 aliphatic rings. The number of carbonyl (C=O) groups is 2. The van der Waals surface area contributed by atoms with Crippen LogP contribution in [0.15, 0.2) is 60.7 Å². The Kier molecular flexibility index (Phi) is 4.65. The van der Waals surface area contributed by atoms with Gasteiger partial charge in [-0.25, -0.2) is 0 Å². The topological polar surface area (TPSA) is 66.4 Å². The molecule has 0 bridgehead atoms. The van der Waals surface area contributed by atoms with E-state index >= 15 is 0 Å². The van der Waals surface area contributed by atoms with Crippen LogP contribution in [0.1, 0.15) is 29.9 Å². The molecule has 1 saturated carbocycles. The molecule has 2 aromatic carbocycles. The quantitative estimate of drug-likeness (QED) is 0.889. The molecular formula is C20H21NO3. The van der Waals surface area contributed by atoms with Gasteiger partial charge in [-0.2, -0.15) is 0 Å². The van der Waals surface area contributed by atoms with Crippen LogP contribution in [0.4, 0.5) is 0 Å². The highest BCUT2D eigenvalue weighted by Crippen LogP contribution is 2.57. The van der Waals surface area contributed by atoms with E-state index in [0.717, 1.165) is 11.1 Å². The van der Waals surface area contributed by atoms with Crippen molar-refractivity contribution in [3.05, 3.63) is 71.8 Å². The van der Waals surface area contributed by atoms with Gasteiger partial charge >= 0.3 is 5.97 Å². The average Bonchev–Trinajstić information content (AvgIpc) is 2.55. The van der Waals surface area contributed by atoms with Crippen molar-refractivity contribution < 1.29 is 14.7 Å². The van der Waals surface area contributed by atoms with Crippen molar-refractivity contribution in [2.45, 2.75) is 18.8 Å². The van der Waals surface area contributed by atoms with E-state index < -0.39 is 11.9 Å². The second kappa shape index (κ2) is 6.87. The normalized spacial score (nSPS) is 25.5. The van der Waals surface area contributed by atoms with Gasteiger partial charge in [-0.05, 0) is 17.0 Å². The van der Waals surface area contributed by atoms with E-state index in [1.165, 1.54) is 6.92 Å². The minimum Gasteiger partial charge on any atom is -0.481 e. The lowest BCUT2D eigenvalue weighted by atomic mass is 9.52. The van der Waals surface area contributed by atoms with Crippen molar-refractivity contribution in [3.8, 4) is 0 Å². The Labute approximate surface area is 141 Å². The van der Waals surface area contributed by atoms with E-state index in [4.69, 9.17) is 0 Å². The summed E-state index contributed by atoms with van der Waals surface area (Å²) in [4.78, 5) is 23.3. The van der Waals surface area contributed by atoms with Gasteiger partial charge in [-0.3, -0.25) is 9.59 Å². The summed E-state index contributed by atoms with van der Waals surface area (Å²) in [6.07, 6.45) is 0. The summed E-state index contributed by atoms with van der Waals surface area (Å²) in [5, 5.41) is 12.7. The Balaban J connectivity index is 1.96. The third-order valence-corrected chi connectivity index (χ3v) is 4.94. The fourth-order valence-electron chi connectivity index (χ4n) is 3.92. The van der Waals surface area contributed by atoms with Gasteiger partial charge in [0.25, 0.3) is 0 Å². The monoisotopic (exact) mass is 323 g/mol. The highest BCUT2D eigenvalue weighted by atomic mass is 16.4. The molecule has 0 heterocycles. The Morgan fingerprint density at radius 2 is 1.38 bits per heavy atom. The molecule has 4 nitrogen and oxygen atoms in total. The number of nitrogens with one attached hydrogen (secondary N) is 1. The fourth-order valence-corrected chi connectivity index (χ4v) is 3.92. The predicted octanol–water partition coefficient (Wildman–Crippen LogP) is 3.02. The Bertz CT molecular complexity index is 667. The summed E-state index contributed by atoms with van der Waals surface area (Å²) >= 11 is 0. The van der Waals surface area contributed by atoms with Crippen LogP contribution in [-0.2, 0) is 9.59 Å². The first-order valence-electron chi connectivity index (χ1n) is 8.16. The predicted molar refractivity (Wildman–Crippen MR) is 91.7 cm³/mol. The van der Waals surface area contributed by atoms with Gasteiger partial charge in [0, 0.05) is 25.3 Å². The molecule has 2 N–H and O–H groups in total. The van der Waals surface area contributed by atoms with Crippen LogP contribution >= 0.6 is 0 Å². The maximum Gasteiger partial charge on any atom is 0.307 e. The maximum absolute atomic E-state index is 11.9. The molecule has 0 radical (unpaired) electrons. The summed E-state index contributed by atoms with van der Waals surface area (Å²) in [7, 11) is 0. The van der Waals surface area contributed by atoms with Crippen LogP contribution in [0.25, 0.3) is 0 Å². The van der Waals surface area contributed by atoms with Crippen molar-refractivity contribution >= 4 is 11.9 Å². The van der Waals surface area contributed by atoms with E-state index in [0.29, 0.717) is 6.54 Å². The van der Waals surface area contributed by atoms with Crippen molar-refractivity contribution in [1.29, 1.82) is 0 Å². The second-order valence-corrected chi connectivity index (χ2v) is 6.34. The summed E-state index contributed by atoms with van der Waals surface area (Å²) in [5.41, 5.74) is 2.04. The number of aliphatic carboxylic acids is 1. The Hall–Kier alpha value is -2.62. The first-order valence-corrected chi connectivity index (χ1v) is 8.16. The molecular weight excluding hydrogens is 302 g/mol. The molecule has 1 amide bonds.